The van der Waals surface area contributed by atoms with Crippen molar-refractivity contribution in [3.63, 3.8) is 0 Å². The van der Waals surface area contributed by atoms with Gasteiger partial charge in [0, 0.05) is 23.8 Å². The van der Waals surface area contributed by atoms with Crippen molar-refractivity contribution in [2.24, 2.45) is 0 Å². The summed E-state index contributed by atoms with van der Waals surface area (Å²) in [4.78, 5) is 9.30. The standard InChI is InChI=1S/C33H40N4/c1-8-23-14-16-25(17-15-23)36-31-32(35-19-18-34-31)37-30-21-28(24(9-2)20-29(30)33(5,6)7)27-13-11-10-12-26(27)22(3)4/h10-22H,8-9H2,1-7H3,(H,34,36)(H,35,37). The van der Waals surface area contributed by atoms with Crippen LogP contribution < -0.4 is 10.6 Å². The second-order valence-electron chi connectivity index (χ2n) is 11.0. The molecule has 0 aliphatic carbocycles. The van der Waals surface area contributed by atoms with Gasteiger partial charge in [-0.3, -0.25) is 0 Å². The average molecular weight is 493 g/mol. The molecular weight excluding hydrogens is 452 g/mol. The number of aryl methyl sites for hydroxylation is 2. The van der Waals surface area contributed by atoms with Crippen LogP contribution >= 0.6 is 0 Å². The molecule has 3 aromatic carbocycles. The molecule has 0 amide bonds. The van der Waals surface area contributed by atoms with E-state index >= 15 is 0 Å². The van der Waals surface area contributed by atoms with Crippen molar-refractivity contribution in [1.29, 1.82) is 0 Å². The van der Waals surface area contributed by atoms with Crippen molar-refractivity contribution in [1.82, 2.24) is 9.97 Å². The van der Waals surface area contributed by atoms with Gasteiger partial charge < -0.3 is 10.6 Å². The van der Waals surface area contributed by atoms with Gasteiger partial charge in [0.1, 0.15) is 0 Å². The fraction of sp³-hybridized carbons (Fsp3) is 0.333. The van der Waals surface area contributed by atoms with E-state index in [1.54, 1.807) is 12.4 Å². The number of nitrogens with zero attached hydrogens (tertiary/aromatic N) is 2. The van der Waals surface area contributed by atoms with Crippen LogP contribution in [0.25, 0.3) is 11.1 Å². The zero-order valence-electron chi connectivity index (χ0n) is 23.3. The predicted molar refractivity (Wildman–Crippen MR) is 158 cm³/mol. The van der Waals surface area contributed by atoms with Crippen LogP contribution in [0.15, 0.2) is 73.1 Å². The molecule has 0 saturated heterocycles. The van der Waals surface area contributed by atoms with Crippen molar-refractivity contribution in [2.75, 3.05) is 10.6 Å². The summed E-state index contributed by atoms with van der Waals surface area (Å²) in [5, 5.41) is 7.12. The highest BCUT2D eigenvalue weighted by molar-refractivity contribution is 5.80. The molecule has 192 valence electrons. The number of anilines is 4. The molecule has 0 saturated carbocycles. The molecular formula is C33H40N4. The van der Waals surface area contributed by atoms with Gasteiger partial charge in [0.15, 0.2) is 11.6 Å². The van der Waals surface area contributed by atoms with Crippen molar-refractivity contribution in [2.45, 2.75) is 72.6 Å². The Bertz CT molecular complexity index is 1350. The lowest BCUT2D eigenvalue weighted by Crippen LogP contribution is -2.15. The summed E-state index contributed by atoms with van der Waals surface area (Å²) in [6.07, 6.45) is 5.45. The molecule has 0 bridgehead atoms. The van der Waals surface area contributed by atoms with Crippen LogP contribution in [0.1, 0.15) is 76.6 Å². The number of aromatic nitrogens is 2. The zero-order valence-corrected chi connectivity index (χ0v) is 23.3. The first-order chi connectivity index (χ1) is 17.7. The van der Waals surface area contributed by atoms with Gasteiger partial charge in [-0.2, -0.15) is 0 Å². The molecule has 0 fully saturated rings. The maximum absolute atomic E-state index is 4.68. The van der Waals surface area contributed by atoms with E-state index in [-0.39, 0.29) is 5.41 Å². The third-order valence-electron chi connectivity index (χ3n) is 6.88. The molecule has 2 N–H and O–H groups in total. The van der Waals surface area contributed by atoms with Gasteiger partial charge in [0.2, 0.25) is 0 Å². The van der Waals surface area contributed by atoms with E-state index in [9.17, 15) is 0 Å². The van der Waals surface area contributed by atoms with Crippen LogP contribution in [0.5, 0.6) is 0 Å². The minimum absolute atomic E-state index is 0.0475. The van der Waals surface area contributed by atoms with E-state index in [4.69, 9.17) is 0 Å². The normalized spacial score (nSPS) is 11.6. The van der Waals surface area contributed by atoms with Gasteiger partial charge in [0.05, 0.1) is 0 Å². The fourth-order valence-electron chi connectivity index (χ4n) is 4.77. The molecule has 4 nitrogen and oxygen atoms in total. The summed E-state index contributed by atoms with van der Waals surface area (Å²) >= 11 is 0. The largest absolute Gasteiger partial charge is 0.337 e. The number of hydrogen-bond donors (Lipinski definition) is 2. The van der Waals surface area contributed by atoms with Crippen molar-refractivity contribution in [3.8, 4) is 11.1 Å². The summed E-state index contributed by atoms with van der Waals surface area (Å²) in [5.74, 6) is 1.85. The molecule has 0 atom stereocenters. The van der Waals surface area contributed by atoms with E-state index < -0.39 is 0 Å². The van der Waals surface area contributed by atoms with Gasteiger partial charge in [0.25, 0.3) is 0 Å². The molecule has 0 aliphatic rings. The van der Waals surface area contributed by atoms with E-state index in [1.165, 1.54) is 33.4 Å². The molecule has 4 rings (SSSR count). The Morgan fingerprint density at radius 2 is 1.41 bits per heavy atom. The van der Waals surface area contributed by atoms with Crippen molar-refractivity contribution >= 4 is 23.0 Å². The highest BCUT2D eigenvalue weighted by atomic mass is 15.1. The summed E-state index contributed by atoms with van der Waals surface area (Å²) in [7, 11) is 0. The second-order valence-corrected chi connectivity index (χ2v) is 11.0. The molecule has 4 aromatic rings. The van der Waals surface area contributed by atoms with Gasteiger partial charge in [-0.15, -0.1) is 0 Å². The molecule has 0 aliphatic heterocycles. The second kappa shape index (κ2) is 11.2. The lowest BCUT2D eigenvalue weighted by molar-refractivity contribution is 0.591. The minimum atomic E-state index is -0.0475. The van der Waals surface area contributed by atoms with Gasteiger partial charge in [-0.05, 0) is 75.8 Å². The van der Waals surface area contributed by atoms with Crippen LogP contribution in [0, 0.1) is 0 Å². The zero-order chi connectivity index (χ0) is 26.6. The SMILES string of the molecule is CCc1ccc(Nc2nccnc2Nc2cc(-c3ccccc3C(C)C)c(CC)cc2C(C)(C)C)cc1. The minimum Gasteiger partial charge on any atom is -0.337 e. The van der Waals surface area contributed by atoms with E-state index in [1.807, 2.05) is 0 Å². The van der Waals surface area contributed by atoms with E-state index in [2.05, 4.69) is 130 Å². The van der Waals surface area contributed by atoms with Crippen LogP contribution in [-0.2, 0) is 18.3 Å². The van der Waals surface area contributed by atoms with Gasteiger partial charge in [-0.25, -0.2) is 9.97 Å². The van der Waals surface area contributed by atoms with Gasteiger partial charge in [-0.1, -0.05) is 90.9 Å². The van der Waals surface area contributed by atoms with E-state index in [0.29, 0.717) is 17.6 Å². The average Bonchev–Trinajstić information content (AvgIpc) is 2.89. The van der Waals surface area contributed by atoms with E-state index in [0.717, 1.165) is 24.2 Å². The summed E-state index contributed by atoms with van der Waals surface area (Å²) in [6.45, 7) is 15.7. The van der Waals surface area contributed by atoms with Gasteiger partial charge >= 0.3 is 0 Å². The molecule has 1 aromatic heterocycles. The van der Waals surface area contributed by atoms with Crippen LogP contribution in [-0.4, -0.2) is 9.97 Å². The Hall–Kier alpha value is -3.66. The third kappa shape index (κ3) is 6.02. The monoisotopic (exact) mass is 492 g/mol. The molecule has 1 heterocycles. The topological polar surface area (TPSA) is 49.8 Å². The molecule has 0 unspecified atom stereocenters. The summed E-state index contributed by atoms with van der Waals surface area (Å²) in [5.41, 5.74) is 9.87. The van der Waals surface area contributed by atoms with Crippen LogP contribution in [0.4, 0.5) is 23.0 Å². The molecule has 4 heteroatoms. The lowest BCUT2D eigenvalue weighted by Gasteiger charge is -2.27. The first-order valence-electron chi connectivity index (χ1n) is 13.4. The number of hydrogen-bond acceptors (Lipinski definition) is 4. The number of rotatable bonds is 8. The fourth-order valence-corrected chi connectivity index (χ4v) is 4.77. The molecule has 0 radical (unpaired) electrons. The Morgan fingerprint density at radius 3 is 2.00 bits per heavy atom. The molecule has 0 spiro atoms. The van der Waals surface area contributed by atoms with Crippen molar-refractivity contribution in [3.05, 3.63) is 95.3 Å². The quantitative estimate of drug-likeness (QED) is 0.257. The highest BCUT2D eigenvalue weighted by Gasteiger charge is 2.23. The van der Waals surface area contributed by atoms with Crippen LogP contribution in [0.3, 0.4) is 0 Å². The lowest BCUT2D eigenvalue weighted by atomic mass is 9.81. The maximum Gasteiger partial charge on any atom is 0.173 e. The Labute approximate surface area is 222 Å². The van der Waals surface area contributed by atoms with Crippen molar-refractivity contribution < 1.29 is 0 Å². The third-order valence-corrected chi connectivity index (χ3v) is 6.88. The Kier molecular flexibility index (Phi) is 7.97. The summed E-state index contributed by atoms with van der Waals surface area (Å²) < 4.78 is 0. The first kappa shape index (κ1) is 26.4. The number of benzene rings is 3. The predicted octanol–water partition coefficient (Wildman–Crippen LogP) is 9.18. The molecule has 37 heavy (non-hydrogen) atoms. The summed E-state index contributed by atoms with van der Waals surface area (Å²) in [6, 6.07) is 21.9. The van der Waals surface area contributed by atoms with Crippen LogP contribution in [0.2, 0.25) is 0 Å². The Morgan fingerprint density at radius 1 is 0.757 bits per heavy atom. The maximum atomic E-state index is 4.68. The smallest absolute Gasteiger partial charge is 0.173 e. The first-order valence-corrected chi connectivity index (χ1v) is 13.4. The highest BCUT2D eigenvalue weighted by Crippen LogP contribution is 2.40. The number of nitrogens with one attached hydrogen (secondary N) is 2. The Balaban J connectivity index is 1.81.